The summed E-state index contributed by atoms with van der Waals surface area (Å²) in [5.41, 5.74) is 0.733. The van der Waals surface area contributed by atoms with Gasteiger partial charge < -0.3 is 5.11 Å². The van der Waals surface area contributed by atoms with Gasteiger partial charge in [0.25, 0.3) is 0 Å². The lowest BCUT2D eigenvalue weighted by molar-refractivity contribution is -0.148. The third-order valence-electron chi connectivity index (χ3n) is 2.55. The monoisotopic (exact) mass is 292 g/mol. The molecule has 0 atom stereocenters. The molecule has 2 rings (SSSR count). The number of halogens is 1. The first kappa shape index (κ1) is 11.8. The summed E-state index contributed by atoms with van der Waals surface area (Å²) in [7, 11) is 0. The first-order valence-electron chi connectivity index (χ1n) is 5.02. The number of ketones is 1. The Morgan fingerprint density at radius 1 is 1.06 bits per heavy atom. The summed E-state index contributed by atoms with van der Waals surface area (Å²) in [6.07, 6.45) is -0.0802. The Balaban J connectivity index is 2.52. The quantitative estimate of drug-likeness (QED) is 0.885. The first-order chi connectivity index (χ1) is 8.09. The minimum Gasteiger partial charge on any atom is -0.475 e. The molecule has 0 saturated carbocycles. The molecule has 0 heterocycles. The summed E-state index contributed by atoms with van der Waals surface area (Å²) in [4.78, 5) is 21.8. The maximum absolute atomic E-state index is 11.2. The average Bonchev–Trinajstić information content (AvgIpc) is 2.33. The fraction of sp³-hybridized carbons (Fsp3) is 0.0769. The van der Waals surface area contributed by atoms with Gasteiger partial charge in [-0.25, -0.2) is 4.79 Å². The molecule has 86 valence electrons. The van der Waals surface area contributed by atoms with Gasteiger partial charge >= 0.3 is 5.97 Å². The molecule has 0 unspecified atom stereocenters. The number of carbonyl (C=O) groups is 2. The van der Waals surface area contributed by atoms with Gasteiger partial charge in [-0.05, 0) is 22.4 Å². The van der Waals surface area contributed by atoms with Gasteiger partial charge in [-0.1, -0.05) is 46.3 Å². The number of rotatable bonds is 3. The second-order valence-corrected chi connectivity index (χ2v) is 4.51. The van der Waals surface area contributed by atoms with Gasteiger partial charge in [0.15, 0.2) is 0 Å². The van der Waals surface area contributed by atoms with Gasteiger partial charge in [0.2, 0.25) is 5.78 Å². The number of benzene rings is 2. The largest absolute Gasteiger partial charge is 0.475 e. The van der Waals surface area contributed by atoms with E-state index in [-0.39, 0.29) is 6.42 Å². The highest BCUT2D eigenvalue weighted by molar-refractivity contribution is 9.10. The summed E-state index contributed by atoms with van der Waals surface area (Å²) >= 11 is 3.42. The lowest BCUT2D eigenvalue weighted by Crippen LogP contribution is -2.15. The average molecular weight is 293 g/mol. The fourth-order valence-corrected chi connectivity index (χ4v) is 2.21. The summed E-state index contributed by atoms with van der Waals surface area (Å²) in [6, 6.07) is 11.2. The van der Waals surface area contributed by atoms with Gasteiger partial charge in [0, 0.05) is 10.9 Å². The Kier molecular flexibility index (Phi) is 3.24. The third-order valence-corrected chi connectivity index (χ3v) is 3.24. The normalized spacial score (nSPS) is 10.4. The van der Waals surface area contributed by atoms with Crippen molar-refractivity contribution in [1.29, 1.82) is 0 Å². The summed E-state index contributed by atoms with van der Waals surface area (Å²) in [6.45, 7) is 0. The van der Waals surface area contributed by atoms with Crippen molar-refractivity contribution < 1.29 is 14.7 Å². The Hall–Kier alpha value is -1.68. The summed E-state index contributed by atoms with van der Waals surface area (Å²) < 4.78 is 0.930. The standard InChI is InChI=1S/C13H9BrO3/c14-11-6-5-8(7-12(15)13(16)17)9-3-1-2-4-10(9)11/h1-6H,7H2,(H,16,17). The molecule has 0 radical (unpaired) electrons. The van der Waals surface area contributed by atoms with E-state index in [9.17, 15) is 9.59 Å². The van der Waals surface area contributed by atoms with E-state index in [0.717, 1.165) is 20.8 Å². The Morgan fingerprint density at radius 2 is 1.71 bits per heavy atom. The predicted molar refractivity (Wildman–Crippen MR) is 68.0 cm³/mol. The van der Waals surface area contributed by atoms with Crippen LogP contribution in [0.15, 0.2) is 40.9 Å². The molecule has 0 saturated heterocycles. The molecule has 0 aliphatic heterocycles. The van der Waals surface area contributed by atoms with Crippen molar-refractivity contribution in [3.8, 4) is 0 Å². The number of hydrogen-bond acceptors (Lipinski definition) is 2. The highest BCUT2D eigenvalue weighted by atomic mass is 79.9. The molecule has 4 heteroatoms. The lowest BCUT2D eigenvalue weighted by atomic mass is 10.0. The molecule has 0 fully saturated rings. The van der Waals surface area contributed by atoms with Crippen molar-refractivity contribution in [3.63, 3.8) is 0 Å². The molecule has 17 heavy (non-hydrogen) atoms. The van der Waals surface area contributed by atoms with E-state index in [1.165, 1.54) is 0 Å². The Morgan fingerprint density at radius 3 is 2.35 bits per heavy atom. The van der Waals surface area contributed by atoms with Gasteiger partial charge in [0.05, 0.1) is 0 Å². The van der Waals surface area contributed by atoms with Gasteiger partial charge in [0.1, 0.15) is 0 Å². The summed E-state index contributed by atoms with van der Waals surface area (Å²) in [5, 5.41) is 10.5. The van der Waals surface area contributed by atoms with Crippen LogP contribution in [0.2, 0.25) is 0 Å². The number of Topliss-reactive ketones (excluding diaryl/α,β-unsaturated/α-hetero) is 1. The molecule has 1 N–H and O–H groups in total. The van der Waals surface area contributed by atoms with Crippen molar-refractivity contribution in [2.45, 2.75) is 6.42 Å². The van der Waals surface area contributed by atoms with Gasteiger partial charge in [-0.15, -0.1) is 0 Å². The van der Waals surface area contributed by atoms with Crippen molar-refractivity contribution in [2.75, 3.05) is 0 Å². The molecule has 3 nitrogen and oxygen atoms in total. The minimum absolute atomic E-state index is 0.0802. The molecule has 2 aromatic carbocycles. The molecule has 0 bridgehead atoms. The zero-order valence-corrected chi connectivity index (χ0v) is 10.4. The Labute approximate surface area is 106 Å². The van der Waals surface area contributed by atoms with E-state index in [1.54, 1.807) is 6.07 Å². The fourth-order valence-electron chi connectivity index (χ4n) is 1.73. The predicted octanol–water partition coefficient (Wildman–Crippen LogP) is 2.80. The topological polar surface area (TPSA) is 54.4 Å². The molecule has 0 spiro atoms. The van der Waals surface area contributed by atoms with Crippen LogP contribution in [0.5, 0.6) is 0 Å². The van der Waals surface area contributed by atoms with Crippen LogP contribution in [0.25, 0.3) is 10.8 Å². The second kappa shape index (κ2) is 4.67. The van der Waals surface area contributed by atoms with E-state index in [4.69, 9.17) is 5.11 Å². The SMILES string of the molecule is O=C(O)C(=O)Cc1ccc(Br)c2ccccc12. The lowest BCUT2D eigenvalue weighted by Gasteiger charge is -2.06. The maximum Gasteiger partial charge on any atom is 0.372 e. The number of carboxylic acids is 1. The van der Waals surface area contributed by atoms with Crippen LogP contribution in [0.1, 0.15) is 5.56 Å². The van der Waals surface area contributed by atoms with E-state index in [0.29, 0.717) is 0 Å². The van der Waals surface area contributed by atoms with Crippen LogP contribution in [0, 0.1) is 0 Å². The molecular weight excluding hydrogens is 284 g/mol. The van der Waals surface area contributed by atoms with E-state index < -0.39 is 11.8 Å². The summed E-state index contributed by atoms with van der Waals surface area (Å²) in [5.74, 6) is -2.19. The molecule has 0 amide bonds. The minimum atomic E-state index is -1.39. The zero-order chi connectivity index (χ0) is 12.4. The van der Waals surface area contributed by atoms with E-state index >= 15 is 0 Å². The Bertz CT molecular complexity index is 605. The number of carbonyl (C=O) groups excluding carboxylic acids is 1. The zero-order valence-electron chi connectivity index (χ0n) is 8.81. The van der Waals surface area contributed by atoms with Crippen molar-refractivity contribution >= 4 is 38.5 Å². The van der Waals surface area contributed by atoms with Crippen molar-refractivity contribution in [3.05, 3.63) is 46.4 Å². The third kappa shape index (κ3) is 2.36. The van der Waals surface area contributed by atoms with Crippen LogP contribution in [0.4, 0.5) is 0 Å². The maximum atomic E-state index is 11.2. The second-order valence-electron chi connectivity index (χ2n) is 3.66. The highest BCUT2D eigenvalue weighted by Crippen LogP contribution is 2.27. The number of hydrogen-bond donors (Lipinski definition) is 1. The highest BCUT2D eigenvalue weighted by Gasteiger charge is 2.14. The van der Waals surface area contributed by atoms with Gasteiger partial charge in [-0.2, -0.15) is 0 Å². The van der Waals surface area contributed by atoms with Gasteiger partial charge in [-0.3, -0.25) is 4.79 Å². The van der Waals surface area contributed by atoms with Crippen molar-refractivity contribution in [1.82, 2.24) is 0 Å². The molecule has 0 aliphatic rings. The van der Waals surface area contributed by atoms with Crippen LogP contribution < -0.4 is 0 Å². The molecule has 0 aliphatic carbocycles. The van der Waals surface area contributed by atoms with Crippen molar-refractivity contribution in [2.24, 2.45) is 0 Å². The van der Waals surface area contributed by atoms with Crippen LogP contribution >= 0.6 is 15.9 Å². The number of aliphatic carboxylic acids is 1. The molecular formula is C13H9BrO3. The number of carboxylic acid groups (broad SMARTS) is 1. The number of fused-ring (bicyclic) bond motifs is 1. The van der Waals surface area contributed by atoms with Crippen LogP contribution in [-0.2, 0) is 16.0 Å². The van der Waals surface area contributed by atoms with Crippen LogP contribution in [0.3, 0.4) is 0 Å². The van der Waals surface area contributed by atoms with Crippen LogP contribution in [-0.4, -0.2) is 16.9 Å². The smallest absolute Gasteiger partial charge is 0.372 e. The first-order valence-corrected chi connectivity index (χ1v) is 5.81. The molecule has 0 aromatic heterocycles. The van der Waals surface area contributed by atoms with E-state index in [1.807, 2.05) is 30.3 Å². The van der Waals surface area contributed by atoms with E-state index in [2.05, 4.69) is 15.9 Å². The molecule has 2 aromatic rings.